The molecule has 0 radical (unpaired) electrons. The molecule has 94 valence electrons. The summed E-state index contributed by atoms with van der Waals surface area (Å²) in [7, 11) is 0. The molecule has 1 aromatic rings. The fraction of sp³-hybridized carbons (Fsp3) is 0.462. The van der Waals surface area contributed by atoms with Crippen molar-refractivity contribution in [3.63, 3.8) is 0 Å². The van der Waals surface area contributed by atoms with Crippen LogP contribution in [0, 0.1) is 6.92 Å². The minimum Gasteiger partial charge on any atom is -0.508 e. The number of benzene rings is 1. The molecule has 1 amide bonds. The zero-order valence-electron chi connectivity index (χ0n) is 10.2. The zero-order chi connectivity index (χ0) is 12.7. The molecule has 1 aromatic carbocycles. The summed E-state index contributed by atoms with van der Waals surface area (Å²) in [5.41, 5.74) is 6.64. The highest BCUT2D eigenvalue weighted by molar-refractivity contribution is 5.94. The van der Waals surface area contributed by atoms with Gasteiger partial charge in [-0.3, -0.25) is 4.79 Å². The van der Waals surface area contributed by atoms with E-state index in [-0.39, 0.29) is 11.7 Å². The van der Waals surface area contributed by atoms with E-state index in [0.717, 1.165) is 24.8 Å². The van der Waals surface area contributed by atoms with E-state index in [0.29, 0.717) is 18.7 Å². The first-order valence-corrected chi connectivity index (χ1v) is 5.93. The third-order valence-corrected chi connectivity index (χ3v) is 2.64. The molecule has 0 aliphatic rings. The number of unbranched alkanes of at least 4 members (excludes halogenated alkanes) is 2. The van der Waals surface area contributed by atoms with E-state index in [1.54, 1.807) is 19.1 Å². The van der Waals surface area contributed by atoms with Gasteiger partial charge >= 0.3 is 0 Å². The lowest BCUT2D eigenvalue weighted by Crippen LogP contribution is -2.24. The number of amides is 1. The molecule has 0 unspecified atom stereocenters. The van der Waals surface area contributed by atoms with Crippen molar-refractivity contribution < 1.29 is 9.90 Å². The van der Waals surface area contributed by atoms with Crippen LogP contribution < -0.4 is 11.1 Å². The number of carbonyl (C=O) groups excluding carboxylic acids is 1. The molecule has 0 saturated heterocycles. The molecule has 0 aliphatic carbocycles. The summed E-state index contributed by atoms with van der Waals surface area (Å²) in [5.74, 6) is 0.00818. The Morgan fingerprint density at radius 3 is 2.76 bits per heavy atom. The highest BCUT2D eigenvalue weighted by atomic mass is 16.3. The van der Waals surface area contributed by atoms with Gasteiger partial charge in [0.15, 0.2) is 0 Å². The summed E-state index contributed by atoms with van der Waals surface area (Å²) in [6, 6.07) is 4.94. The third kappa shape index (κ3) is 4.44. The molecule has 1 rings (SSSR count). The quantitative estimate of drug-likeness (QED) is 0.656. The summed E-state index contributed by atoms with van der Waals surface area (Å²) < 4.78 is 0. The van der Waals surface area contributed by atoms with E-state index in [4.69, 9.17) is 5.73 Å². The second-order valence-electron chi connectivity index (χ2n) is 4.11. The van der Waals surface area contributed by atoms with Gasteiger partial charge in [0.2, 0.25) is 0 Å². The number of phenolic OH excluding ortho intramolecular Hbond substituents is 1. The lowest BCUT2D eigenvalue weighted by Gasteiger charge is -2.06. The van der Waals surface area contributed by atoms with Gasteiger partial charge in [-0.25, -0.2) is 0 Å². The number of rotatable bonds is 6. The summed E-state index contributed by atoms with van der Waals surface area (Å²) in [4.78, 5) is 11.7. The van der Waals surface area contributed by atoms with E-state index in [1.165, 1.54) is 6.07 Å². The van der Waals surface area contributed by atoms with Gasteiger partial charge in [-0.15, -0.1) is 0 Å². The number of hydrogen-bond donors (Lipinski definition) is 3. The second-order valence-corrected chi connectivity index (χ2v) is 4.11. The number of nitrogens with two attached hydrogens (primary N) is 1. The van der Waals surface area contributed by atoms with Crippen molar-refractivity contribution in [1.82, 2.24) is 5.32 Å². The summed E-state index contributed by atoms with van der Waals surface area (Å²) >= 11 is 0. The predicted octanol–water partition coefficient (Wildman–Crippen LogP) is 1.56. The van der Waals surface area contributed by atoms with Crippen LogP contribution in [-0.2, 0) is 0 Å². The molecule has 0 heterocycles. The molecular formula is C13H20N2O2. The molecule has 0 saturated carbocycles. The van der Waals surface area contributed by atoms with Gasteiger partial charge in [-0.2, -0.15) is 0 Å². The van der Waals surface area contributed by atoms with Crippen molar-refractivity contribution in [3.05, 3.63) is 29.3 Å². The maximum absolute atomic E-state index is 11.7. The lowest BCUT2D eigenvalue weighted by atomic mass is 10.1. The number of hydrogen-bond acceptors (Lipinski definition) is 3. The SMILES string of the molecule is Cc1ccc(C(=O)NCCCCCN)cc1O. The number of aromatic hydroxyl groups is 1. The minimum absolute atomic E-state index is 0.145. The molecule has 0 bridgehead atoms. The first kappa shape index (κ1) is 13.5. The minimum atomic E-state index is -0.145. The van der Waals surface area contributed by atoms with Crippen molar-refractivity contribution in [3.8, 4) is 5.75 Å². The molecule has 0 atom stereocenters. The van der Waals surface area contributed by atoms with E-state index < -0.39 is 0 Å². The van der Waals surface area contributed by atoms with Crippen LogP contribution in [0.5, 0.6) is 5.75 Å². The summed E-state index contributed by atoms with van der Waals surface area (Å²) in [6.45, 7) is 3.14. The van der Waals surface area contributed by atoms with Gasteiger partial charge in [0.05, 0.1) is 0 Å². The van der Waals surface area contributed by atoms with Crippen LogP contribution in [0.2, 0.25) is 0 Å². The lowest BCUT2D eigenvalue weighted by molar-refractivity contribution is 0.0952. The van der Waals surface area contributed by atoms with Crippen LogP contribution in [0.1, 0.15) is 35.2 Å². The Bertz CT molecular complexity index is 378. The van der Waals surface area contributed by atoms with E-state index >= 15 is 0 Å². The molecule has 0 spiro atoms. The molecular weight excluding hydrogens is 216 g/mol. The van der Waals surface area contributed by atoms with E-state index in [1.807, 2.05) is 0 Å². The van der Waals surface area contributed by atoms with Crippen molar-refractivity contribution in [2.75, 3.05) is 13.1 Å². The average molecular weight is 236 g/mol. The van der Waals surface area contributed by atoms with Crippen molar-refractivity contribution in [2.24, 2.45) is 5.73 Å². The molecule has 4 N–H and O–H groups in total. The van der Waals surface area contributed by atoms with Crippen LogP contribution in [-0.4, -0.2) is 24.1 Å². The Kier molecular flexibility index (Phi) is 5.49. The molecule has 4 heteroatoms. The van der Waals surface area contributed by atoms with Crippen molar-refractivity contribution in [2.45, 2.75) is 26.2 Å². The topological polar surface area (TPSA) is 75.4 Å². The van der Waals surface area contributed by atoms with E-state index in [2.05, 4.69) is 5.32 Å². The molecule has 17 heavy (non-hydrogen) atoms. The largest absolute Gasteiger partial charge is 0.508 e. The standard InChI is InChI=1S/C13H20N2O2/c1-10-5-6-11(9-12(10)16)13(17)15-8-4-2-3-7-14/h5-6,9,16H,2-4,7-8,14H2,1H3,(H,15,17). The van der Waals surface area contributed by atoms with Crippen LogP contribution in [0.3, 0.4) is 0 Å². The maximum Gasteiger partial charge on any atom is 0.251 e. The van der Waals surface area contributed by atoms with Gasteiger partial charge in [0.1, 0.15) is 5.75 Å². The Labute approximate surface area is 102 Å². The van der Waals surface area contributed by atoms with Gasteiger partial charge in [0, 0.05) is 12.1 Å². The van der Waals surface area contributed by atoms with Crippen molar-refractivity contribution >= 4 is 5.91 Å². The number of phenols is 1. The van der Waals surface area contributed by atoms with Crippen molar-refractivity contribution in [1.29, 1.82) is 0 Å². The molecule has 0 aromatic heterocycles. The smallest absolute Gasteiger partial charge is 0.251 e. The van der Waals surface area contributed by atoms with Gasteiger partial charge in [0.25, 0.3) is 5.91 Å². The molecule has 0 aliphatic heterocycles. The molecule has 0 fully saturated rings. The molecule has 4 nitrogen and oxygen atoms in total. The first-order chi connectivity index (χ1) is 8.15. The van der Waals surface area contributed by atoms with Gasteiger partial charge < -0.3 is 16.2 Å². The van der Waals surface area contributed by atoms with E-state index in [9.17, 15) is 9.90 Å². The predicted molar refractivity (Wildman–Crippen MR) is 68.1 cm³/mol. The van der Waals surface area contributed by atoms with Crippen LogP contribution in [0.25, 0.3) is 0 Å². The summed E-state index contributed by atoms with van der Waals surface area (Å²) in [5, 5.41) is 12.3. The maximum atomic E-state index is 11.7. The third-order valence-electron chi connectivity index (χ3n) is 2.64. The Morgan fingerprint density at radius 2 is 2.12 bits per heavy atom. The van der Waals surface area contributed by atoms with Gasteiger partial charge in [-0.1, -0.05) is 12.5 Å². The van der Waals surface area contributed by atoms with Crippen LogP contribution >= 0.6 is 0 Å². The monoisotopic (exact) mass is 236 g/mol. The normalized spacial score (nSPS) is 10.2. The summed E-state index contributed by atoms with van der Waals surface area (Å²) in [6.07, 6.45) is 2.94. The fourth-order valence-corrected chi connectivity index (χ4v) is 1.50. The average Bonchev–Trinajstić information content (AvgIpc) is 2.32. The Morgan fingerprint density at radius 1 is 1.35 bits per heavy atom. The first-order valence-electron chi connectivity index (χ1n) is 5.93. The Balaban J connectivity index is 2.39. The zero-order valence-corrected chi connectivity index (χ0v) is 10.2. The van der Waals surface area contributed by atoms with Crippen LogP contribution in [0.15, 0.2) is 18.2 Å². The second kappa shape index (κ2) is 6.91. The fourth-order valence-electron chi connectivity index (χ4n) is 1.50. The van der Waals surface area contributed by atoms with Gasteiger partial charge in [-0.05, 0) is 44.0 Å². The van der Waals surface area contributed by atoms with Crippen LogP contribution in [0.4, 0.5) is 0 Å². The highest BCUT2D eigenvalue weighted by Crippen LogP contribution is 2.17. The highest BCUT2D eigenvalue weighted by Gasteiger charge is 2.06. The Hall–Kier alpha value is -1.55. The number of nitrogens with one attached hydrogen (secondary N) is 1. The number of carbonyl (C=O) groups is 1. The number of aryl methyl sites for hydroxylation is 1.